The van der Waals surface area contributed by atoms with Crippen molar-refractivity contribution >= 4 is 50.7 Å². The van der Waals surface area contributed by atoms with Crippen molar-refractivity contribution in [3.05, 3.63) is 82.2 Å². The Morgan fingerprint density at radius 1 is 1.07 bits per heavy atom. The molecule has 0 fully saturated rings. The number of hydrogen-bond acceptors (Lipinski definition) is 5. The summed E-state index contributed by atoms with van der Waals surface area (Å²) < 4.78 is 6.13. The van der Waals surface area contributed by atoms with E-state index in [1.54, 1.807) is 47.7 Å². The topological polar surface area (TPSA) is 84.2 Å². The number of aromatic nitrogens is 1. The standard InChI is InChI=1S/C21H16ClN3O3S/c22-14-6-7-18-16(12-14)25-19(29-18)8-9-23-20(26)13-3-1-4-15(11-13)24-21(27)17-5-2-10-28-17/h1-7,10-12H,8-9H2,(H,23,26)(H,24,27). The molecule has 4 aromatic rings. The summed E-state index contributed by atoms with van der Waals surface area (Å²) in [6.07, 6.45) is 2.05. The van der Waals surface area contributed by atoms with Gasteiger partial charge in [-0.2, -0.15) is 0 Å². The molecule has 2 heterocycles. The number of benzene rings is 2. The normalized spacial score (nSPS) is 10.8. The van der Waals surface area contributed by atoms with Gasteiger partial charge in [-0.25, -0.2) is 4.98 Å². The third kappa shape index (κ3) is 4.64. The van der Waals surface area contributed by atoms with Gasteiger partial charge in [0.2, 0.25) is 0 Å². The maximum absolute atomic E-state index is 12.4. The molecule has 2 amide bonds. The van der Waals surface area contributed by atoms with Gasteiger partial charge in [0.1, 0.15) is 0 Å². The number of furan rings is 1. The minimum absolute atomic E-state index is 0.206. The van der Waals surface area contributed by atoms with Crippen LogP contribution in [0.15, 0.2) is 65.3 Å². The fourth-order valence-corrected chi connectivity index (χ4v) is 3.89. The van der Waals surface area contributed by atoms with Gasteiger partial charge in [-0.1, -0.05) is 17.7 Å². The van der Waals surface area contributed by atoms with Crippen LogP contribution in [-0.4, -0.2) is 23.3 Å². The zero-order valence-electron chi connectivity index (χ0n) is 15.1. The summed E-state index contributed by atoms with van der Waals surface area (Å²) in [5.74, 6) is -0.385. The first-order chi connectivity index (χ1) is 14.1. The molecule has 0 aliphatic carbocycles. The number of carbonyl (C=O) groups is 2. The van der Waals surface area contributed by atoms with Crippen LogP contribution >= 0.6 is 22.9 Å². The average molecular weight is 426 g/mol. The van der Waals surface area contributed by atoms with E-state index in [1.165, 1.54) is 6.26 Å². The van der Waals surface area contributed by atoms with E-state index in [0.29, 0.717) is 29.2 Å². The van der Waals surface area contributed by atoms with Crippen LogP contribution in [0.25, 0.3) is 10.2 Å². The van der Waals surface area contributed by atoms with Crippen molar-refractivity contribution in [2.24, 2.45) is 0 Å². The Hall–Kier alpha value is -3.16. The second kappa shape index (κ2) is 8.46. The van der Waals surface area contributed by atoms with Gasteiger partial charge in [-0.3, -0.25) is 9.59 Å². The smallest absolute Gasteiger partial charge is 0.291 e. The largest absolute Gasteiger partial charge is 0.459 e. The van der Waals surface area contributed by atoms with Crippen LogP contribution in [0.4, 0.5) is 5.69 Å². The van der Waals surface area contributed by atoms with Gasteiger partial charge >= 0.3 is 0 Å². The molecule has 0 saturated heterocycles. The third-order valence-electron chi connectivity index (χ3n) is 4.15. The summed E-state index contributed by atoms with van der Waals surface area (Å²) in [5, 5.41) is 7.18. The highest BCUT2D eigenvalue weighted by Gasteiger charge is 2.11. The molecular weight excluding hydrogens is 410 g/mol. The molecule has 0 unspecified atom stereocenters. The van der Waals surface area contributed by atoms with E-state index in [1.807, 2.05) is 18.2 Å². The van der Waals surface area contributed by atoms with Crippen LogP contribution in [0.5, 0.6) is 0 Å². The predicted molar refractivity (Wildman–Crippen MR) is 114 cm³/mol. The van der Waals surface area contributed by atoms with Crippen molar-refractivity contribution < 1.29 is 14.0 Å². The number of anilines is 1. The van der Waals surface area contributed by atoms with E-state index < -0.39 is 0 Å². The molecule has 2 aromatic heterocycles. The number of halogens is 1. The summed E-state index contributed by atoms with van der Waals surface area (Å²) in [6.45, 7) is 0.454. The molecular formula is C21H16ClN3O3S. The Balaban J connectivity index is 1.35. The van der Waals surface area contributed by atoms with Gasteiger partial charge in [-0.05, 0) is 48.5 Å². The molecule has 0 bridgehead atoms. The average Bonchev–Trinajstić information content (AvgIpc) is 3.37. The predicted octanol–water partition coefficient (Wildman–Crippen LogP) is 4.77. The summed E-state index contributed by atoms with van der Waals surface area (Å²) in [6, 6.07) is 15.6. The lowest BCUT2D eigenvalue weighted by atomic mass is 10.2. The van der Waals surface area contributed by atoms with Gasteiger partial charge in [0.05, 0.1) is 21.5 Å². The van der Waals surface area contributed by atoms with E-state index in [-0.39, 0.29) is 17.6 Å². The minimum atomic E-state index is -0.372. The molecule has 8 heteroatoms. The van der Waals surface area contributed by atoms with Crippen LogP contribution in [0.3, 0.4) is 0 Å². The maximum atomic E-state index is 12.4. The van der Waals surface area contributed by atoms with Crippen LogP contribution in [0, 0.1) is 0 Å². The molecule has 4 rings (SSSR count). The molecule has 2 N–H and O–H groups in total. The molecule has 0 aliphatic rings. The first kappa shape index (κ1) is 19.2. The molecule has 0 saturated carbocycles. The van der Waals surface area contributed by atoms with Crippen LogP contribution < -0.4 is 10.6 Å². The summed E-state index contributed by atoms with van der Waals surface area (Å²) in [4.78, 5) is 29.0. The second-order valence-electron chi connectivity index (χ2n) is 6.24. The van der Waals surface area contributed by atoms with Gasteiger partial charge in [0.15, 0.2) is 5.76 Å². The number of carbonyl (C=O) groups excluding carboxylic acids is 2. The lowest BCUT2D eigenvalue weighted by molar-refractivity contribution is 0.0952. The fourth-order valence-electron chi connectivity index (χ4n) is 2.78. The van der Waals surface area contributed by atoms with Crippen molar-refractivity contribution in [3.8, 4) is 0 Å². The summed E-state index contributed by atoms with van der Waals surface area (Å²) in [7, 11) is 0. The van der Waals surface area contributed by atoms with Gasteiger partial charge in [-0.15, -0.1) is 11.3 Å². The number of nitrogens with one attached hydrogen (secondary N) is 2. The van der Waals surface area contributed by atoms with E-state index in [2.05, 4.69) is 15.6 Å². The Morgan fingerprint density at radius 2 is 1.97 bits per heavy atom. The highest BCUT2D eigenvalue weighted by atomic mass is 35.5. The number of rotatable bonds is 6. The zero-order chi connectivity index (χ0) is 20.2. The second-order valence-corrected chi connectivity index (χ2v) is 7.79. The van der Waals surface area contributed by atoms with Crippen molar-refractivity contribution in [2.45, 2.75) is 6.42 Å². The number of thiazole rings is 1. The van der Waals surface area contributed by atoms with Crippen LogP contribution in [0.2, 0.25) is 5.02 Å². The number of fused-ring (bicyclic) bond motifs is 1. The van der Waals surface area contributed by atoms with Crippen LogP contribution in [-0.2, 0) is 6.42 Å². The number of amides is 2. The zero-order valence-corrected chi connectivity index (χ0v) is 16.7. The molecule has 0 radical (unpaired) electrons. The molecule has 146 valence electrons. The molecule has 2 aromatic carbocycles. The first-order valence-electron chi connectivity index (χ1n) is 8.86. The van der Waals surface area contributed by atoms with Gasteiger partial charge in [0.25, 0.3) is 11.8 Å². The highest BCUT2D eigenvalue weighted by molar-refractivity contribution is 7.18. The molecule has 0 spiro atoms. The number of hydrogen-bond donors (Lipinski definition) is 2. The summed E-state index contributed by atoms with van der Waals surface area (Å²) >= 11 is 7.58. The lowest BCUT2D eigenvalue weighted by Gasteiger charge is -2.07. The number of nitrogens with zero attached hydrogens (tertiary/aromatic N) is 1. The van der Waals surface area contributed by atoms with E-state index in [0.717, 1.165) is 15.2 Å². The quantitative estimate of drug-likeness (QED) is 0.466. The molecule has 0 aliphatic heterocycles. The minimum Gasteiger partial charge on any atom is -0.459 e. The Kier molecular flexibility index (Phi) is 5.59. The molecule has 0 atom stereocenters. The lowest BCUT2D eigenvalue weighted by Crippen LogP contribution is -2.25. The summed E-state index contributed by atoms with van der Waals surface area (Å²) in [5.41, 5.74) is 1.84. The Labute approximate surface area is 175 Å². The highest BCUT2D eigenvalue weighted by Crippen LogP contribution is 2.25. The van der Waals surface area contributed by atoms with E-state index >= 15 is 0 Å². The van der Waals surface area contributed by atoms with Crippen molar-refractivity contribution in [3.63, 3.8) is 0 Å². The first-order valence-corrected chi connectivity index (χ1v) is 10.1. The van der Waals surface area contributed by atoms with E-state index in [9.17, 15) is 9.59 Å². The van der Waals surface area contributed by atoms with Crippen LogP contribution in [0.1, 0.15) is 25.9 Å². The maximum Gasteiger partial charge on any atom is 0.291 e. The van der Waals surface area contributed by atoms with Crippen molar-refractivity contribution in [1.82, 2.24) is 10.3 Å². The Bertz CT molecular complexity index is 1170. The molecule has 29 heavy (non-hydrogen) atoms. The SMILES string of the molecule is O=C(NCCc1nc2cc(Cl)ccc2s1)c1cccc(NC(=O)c2ccco2)c1. The fraction of sp³-hybridized carbons (Fsp3) is 0.0952. The van der Waals surface area contributed by atoms with Gasteiger partial charge < -0.3 is 15.1 Å². The molecule has 6 nitrogen and oxygen atoms in total. The third-order valence-corrected chi connectivity index (χ3v) is 5.48. The Morgan fingerprint density at radius 3 is 2.79 bits per heavy atom. The van der Waals surface area contributed by atoms with Crippen molar-refractivity contribution in [1.29, 1.82) is 0 Å². The van der Waals surface area contributed by atoms with Crippen molar-refractivity contribution in [2.75, 3.05) is 11.9 Å². The van der Waals surface area contributed by atoms with E-state index in [4.69, 9.17) is 16.0 Å². The van der Waals surface area contributed by atoms with Gasteiger partial charge in [0, 0.05) is 29.2 Å². The monoisotopic (exact) mass is 425 g/mol.